The van der Waals surface area contributed by atoms with Crippen molar-refractivity contribution in [1.29, 1.82) is 0 Å². The number of fused-ring (bicyclic) bond motifs is 2. The zero-order valence-corrected chi connectivity index (χ0v) is 19.0. The third kappa shape index (κ3) is 3.24. The van der Waals surface area contributed by atoms with E-state index in [-0.39, 0.29) is 41.2 Å². The molecular weight excluding hydrogens is 397 g/mol. The smallest absolute Gasteiger partial charge is 0.852 e. The third-order valence-electron chi connectivity index (χ3n) is 4.93. The van der Waals surface area contributed by atoms with Crippen molar-refractivity contribution in [2.75, 3.05) is 0 Å². The van der Waals surface area contributed by atoms with Gasteiger partial charge in [-0.05, 0) is 0 Å². The first kappa shape index (κ1) is 20.8. The molecule has 136 valence electrons. The summed E-state index contributed by atoms with van der Waals surface area (Å²) in [6.45, 7) is 3.30. The number of hydrogen-bond acceptors (Lipinski definition) is 7. The molecule has 1 fully saturated rings. The molecule has 2 aliphatic rings. The Morgan fingerprint density at radius 2 is 2.19 bits per heavy atom. The summed E-state index contributed by atoms with van der Waals surface area (Å²) in [7, 11) is 1.90. The van der Waals surface area contributed by atoms with Gasteiger partial charge in [-0.2, -0.15) is 0 Å². The Bertz CT molecular complexity index is 974. The molecule has 4 atom stereocenters. The molecule has 0 spiro atoms. The molecule has 1 amide bonds. The fourth-order valence-corrected chi connectivity index (χ4v) is 6.03. The standard InChI is InChI=1S/C17H17N3O4S2.Na/c1-7-12-11(8(2)21)15(22)20(12)13(16(23)24)14(7)26-17-18-9-6-19(3)5-4-10(9)25-17;/h4-8,11-12H,1-3H3,(H,23,24);/q;+1/p-1. The fraction of sp³-hybridized carbons (Fsp3) is 0.412. The van der Waals surface area contributed by atoms with Gasteiger partial charge >= 0.3 is 29.6 Å². The van der Waals surface area contributed by atoms with Crippen molar-refractivity contribution in [3.8, 4) is 0 Å². The van der Waals surface area contributed by atoms with E-state index < -0.39 is 29.9 Å². The fourth-order valence-electron chi connectivity index (χ4n) is 3.73. The summed E-state index contributed by atoms with van der Waals surface area (Å²) < 4.78 is 3.59. The van der Waals surface area contributed by atoms with E-state index in [1.807, 2.05) is 37.0 Å². The van der Waals surface area contributed by atoms with Gasteiger partial charge in [-0.25, -0.2) is 9.55 Å². The summed E-state index contributed by atoms with van der Waals surface area (Å²) >= 11 is 2.72. The van der Waals surface area contributed by atoms with Gasteiger partial charge < -0.3 is 19.9 Å². The van der Waals surface area contributed by atoms with Crippen LogP contribution < -0.4 is 44.3 Å². The van der Waals surface area contributed by atoms with Crippen molar-refractivity contribution in [3.05, 3.63) is 29.1 Å². The van der Waals surface area contributed by atoms with Crippen LogP contribution in [0, 0.1) is 11.8 Å². The molecule has 0 N–H and O–H groups in total. The van der Waals surface area contributed by atoms with Gasteiger partial charge in [0.15, 0.2) is 16.7 Å². The molecule has 2 aliphatic heterocycles. The SMILES string of the molecule is CC([O-])C1C(=O)N2C(C(=O)[O-])=C(Sc3nc4c[n+](C)ccc4s3)C(C)C12.[Na+]. The summed E-state index contributed by atoms with van der Waals surface area (Å²) in [4.78, 5) is 30.3. The number of carboxylic acid groups (broad SMARTS) is 1. The number of carbonyl (C=O) groups excluding carboxylic acids is 2. The van der Waals surface area contributed by atoms with E-state index in [0.29, 0.717) is 9.24 Å². The molecule has 10 heteroatoms. The number of pyridine rings is 1. The maximum absolute atomic E-state index is 12.3. The summed E-state index contributed by atoms with van der Waals surface area (Å²) in [6, 6.07) is 1.55. The van der Waals surface area contributed by atoms with E-state index in [1.165, 1.54) is 34.9 Å². The number of aryl methyl sites for hydroxylation is 1. The first-order chi connectivity index (χ1) is 12.3. The number of aliphatic carboxylic acids is 1. The van der Waals surface area contributed by atoms with Crippen LogP contribution in [0.15, 0.2) is 33.4 Å². The maximum atomic E-state index is 12.3. The van der Waals surface area contributed by atoms with E-state index in [2.05, 4.69) is 4.98 Å². The molecule has 7 nitrogen and oxygen atoms in total. The molecule has 4 heterocycles. The molecule has 27 heavy (non-hydrogen) atoms. The van der Waals surface area contributed by atoms with Crippen molar-refractivity contribution < 1.29 is 53.9 Å². The number of aromatic nitrogens is 2. The van der Waals surface area contributed by atoms with E-state index in [1.54, 1.807) is 0 Å². The Kier molecular flexibility index (Phi) is 5.73. The normalized spacial score (nSPS) is 25.3. The van der Waals surface area contributed by atoms with Gasteiger partial charge in [0.25, 0.3) is 0 Å². The van der Waals surface area contributed by atoms with Crippen LogP contribution in [0.4, 0.5) is 0 Å². The summed E-state index contributed by atoms with van der Waals surface area (Å²) in [6.07, 6.45) is 2.75. The Morgan fingerprint density at radius 3 is 2.81 bits per heavy atom. The molecule has 4 unspecified atom stereocenters. The van der Waals surface area contributed by atoms with Crippen LogP contribution in [0.5, 0.6) is 0 Å². The second kappa shape index (κ2) is 7.46. The Morgan fingerprint density at radius 1 is 1.48 bits per heavy atom. The van der Waals surface area contributed by atoms with E-state index >= 15 is 0 Å². The molecule has 1 saturated heterocycles. The predicted octanol–water partition coefficient (Wildman–Crippen LogP) is -3.60. The van der Waals surface area contributed by atoms with Crippen molar-refractivity contribution in [1.82, 2.24) is 9.88 Å². The molecule has 0 aromatic carbocycles. The summed E-state index contributed by atoms with van der Waals surface area (Å²) in [5.41, 5.74) is 0.716. The number of thiazole rings is 1. The van der Waals surface area contributed by atoms with Crippen molar-refractivity contribution in [2.45, 2.75) is 30.3 Å². The number of rotatable bonds is 4. The number of nitrogens with zero attached hydrogens (tertiary/aromatic N) is 3. The third-order valence-corrected chi connectivity index (χ3v) is 7.32. The quantitative estimate of drug-likeness (QED) is 0.292. The molecular formula is C17H16N3NaO4S2. The minimum Gasteiger partial charge on any atom is -0.852 e. The van der Waals surface area contributed by atoms with Crippen molar-refractivity contribution in [3.63, 3.8) is 0 Å². The number of β-lactam (4-membered cyclic amide) rings is 1. The second-order valence-corrected chi connectivity index (χ2v) is 8.98. The van der Waals surface area contributed by atoms with Gasteiger partial charge in [0, 0.05) is 22.8 Å². The Balaban J connectivity index is 0.00000210. The van der Waals surface area contributed by atoms with Crippen LogP contribution in [0.25, 0.3) is 10.2 Å². The first-order valence-electron chi connectivity index (χ1n) is 8.17. The van der Waals surface area contributed by atoms with Crippen LogP contribution in [0.2, 0.25) is 0 Å². The minimum atomic E-state index is -1.39. The molecule has 0 saturated carbocycles. The van der Waals surface area contributed by atoms with Crippen LogP contribution in [0.1, 0.15) is 13.8 Å². The number of hydrogen-bond donors (Lipinski definition) is 0. The largest absolute Gasteiger partial charge is 1.00 e. The van der Waals surface area contributed by atoms with Crippen LogP contribution in [-0.4, -0.2) is 33.9 Å². The number of amides is 1. The molecule has 0 bridgehead atoms. The van der Waals surface area contributed by atoms with Gasteiger partial charge in [-0.3, -0.25) is 4.79 Å². The average Bonchev–Trinajstić information content (AvgIpc) is 3.05. The summed E-state index contributed by atoms with van der Waals surface area (Å²) in [5.74, 6) is -2.74. The van der Waals surface area contributed by atoms with Crippen molar-refractivity contribution >= 4 is 45.2 Å². The predicted molar refractivity (Wildman–Crippen MR) is 91.4 cm³/mol. The van der Waals surface area contributed by atoms with Gasteiger partial charge in [-0.1, -0.05) is 25.6 Å². The number of carboxylic acids is 1. The second-order valence-electron chi connectivity index (χ2n) is 6.66. The molecule has 2 aromatic heterocycles. The molecule has 4 rings (SSSR count). The Labute approximate surface area is 186 Å². The van der Waals surface area contributed by atoms with Crippen molar-refractivity contribution in [2.24, 2.45) is 18.9 Å². The molecule has 0 radical (unpaired) electrons. The van der Waals surface area contributed by atoms with E-state index in [9.17, 15) is 19.8 Å². The van der Waals surface area contributed by atoms with Crippen LogP contribution in [0.3, 0.4) is 0 Å². The zero-order valence-electron chi connectivity index (χ0n) is 15.3. The number of thioether (sulfide) groups is 1. The van der Waals surface area contributed by atoms with E-state index in [4.69, 9.17) is 0 Å². The zero-order chi connectivity index (χ0) is 18.7. The minimum absolute atomic E-state index is 0. The first-order valence-corrected chi connectivity index (χ1v) is 9.81. The number of carbonyl (C=O) groups is 2. The van der Waals surface area contributed by atoms with Crippen LogP contribution >= 0.6 is 23.1 Å². The van der Waals surface area contributed by atoms with Gasteiger partial charge in [-0.15, -0.1) is 17.4 Å². The molecule has 0 aliphatic carbocycles. The van der Waals surface area contributed by atoms with Gasteiger partial charge in [0.2, 0.25) is 5.91 Å². The topological polar surface area (TPSA) is 100 Å². The van der Waals surface area contributed by atoms with Crippen LogP contribution in [-0.2, 0) is 16.6 Å². The van der Waals surface area contributed by atoms with Gasteiger partial charge in [0.1, 0.15) is 12.6 Å². The summed E-state index contributed by atoms with van der Waals surface area (Å²) in [5, 5.41) is 23.6. The maximum Gasteiger partial charge on any atom is 1.00 e. The average molecular weight is 413 g/mol. The Hall–Kier alpha value is -0.970. The monoisotopic (exact) mass is 413 g/mol. The van der Waals surface area contributed by atoms with Gasteiger partial charge in [0.05, 0.1) is 22.4 Å². The molecule has 2 aromatic rings. The van der Waals surface area contributed by atoms with E-state index in [0.717, 1.165) is 10.2 Å².